The Balaban J connectivity index is 1.00. The molecule has 2 heterocycles. The summed E-state index contributed by atoms with van der Waals surface area (Å²) in [4.78, 5) is 21.6. The molecule has 0 unspecified atom stereocenters. The number of halogens is 2. The van der Waals surface area contributed by atoms with E-state index in [0.717, 1.165) is 80.7 Å². The molecule has 1 fully saturated rings. The molecule has 3 aromatic rings. The van der Waals surface area contributed by atoms with Crippen LogP contribution in [0.15, 0.2) is 48.5 Å². The molecule has 0 amide bonds. The highest BCUT2D eigenvalue weighted by Gasteiger charge is 2.19. The van der Waals surface area contributed by atoms with Gasteiger partial charge in [-0.2, -0.15) is 0 Å². The summed E-state index contributed by atoms with van der Waals surface area (Å²) in [7, 11) is 0. The lowest BCUT2D eigenvalue weighted by molar-refractivity contribution is -0.150. The van der Waals surface area contributed by atoms with E-state index in [2.05, 4.69) is 21.7 Å². The third-order valence-electron chi connectivity index (χ3n) is 9.83. The minimum atomic E-state index is -0.217. The van der Waals surface area contributed by atoms with Gasteiger partial charge in [0.1, 0.15) is 5.75 Å². The Hall–Kier alpha value is -2.74. The summed E-state index contributed by atoms with van der Waals surface area (Å²) >= 11 is 12.6. The fraction of sp³-hybridized carbons (Fsp3) is 0.619. The van der Waals surface area contributed by atoms with Crippen LogP contribution in [0.25, 0.3) is 10.9 Å². The zero-order valence-corrected chi connectivity index (χ0v) is 32.5. The summed E-state index contributed by atoms with van der Waals surface area (Å²) in [6, 6.07) is 15.5. The highest BCUT2D eigenvalue weighted by Crippen LogP contribution is 2.33. The van der Waals surface area contributed by atoms with Gasteiger partial charge in [-0.05, 0) is 56.1 Å². The number of rotatable bonds is 26. The molecule has 0 atom stereocenters. The van der Waals surface area contributed by atoms with Crippen molar-refractivity contribution in [2.45, 2.75) is 122 Å². The molecule has 0 N–H and O–H groups in total. The van der Waals surface area contributed by atoms with E-state index in [1.807, 2.05) is 42.5 Å². The number of unbranched alkanes of at least 4 members (excludes halogenated alkanes) is 15. The van der Waals surface area contributed by atoms with Crippen LogP contribution < -0.4 is 14.4 Å². The van der Waals surface area contributed by atoms with Gasteiger partial charge in [0.2, 0.25) is 12.7 Å². The average molecular weight is 743 g/mol. The van der Waals surface area contributed by atoms with Gasteiger partial charge in [-0.1, -0.05) is 126 Å². The molecule has 0 aliphatic carbocycles. The second kappa shape index (κ2) is 24.5. The Labute approximate surface area is 317 Å². The van der Waals surface area contributed by atoms with Gasteiger partial charge in [0, 0.05) is 50.1 Å². The van der Waals surface area contributed by atoms with Crippen LogP contribution in [0.3, 0.4) is 0 Å². The standard InChI is InChI=1S/C42H61Cl2N3O4/c1-2-3-4-5-6-7-8-9-10-11-12-13-14-15-16-22-41(48)51-34-50-40-26-24-35-23-25-36(33-38(35)45-40)49-32-18-17-27-46-28-30-47(31-29-46)39-21-19-20-37(43)42(39)44/h19-21,23-26,33H,2-18,22,27-32,34H2,1H3. The Bertz CT molecular complexity index is 1420. The van der Waals surface area contributed by atoms with E-state index in [4.69, 9.17) is 37.4 Å². The van der Waals surface area contributed by atoms with E-state index in [1.54, 1.807) is 6.07 Å². The second-order valence-electron chi connectivity index (χ2n) is 13.9. The third-order valence-corrected chi connectivity index (χ3v) is 10.6. The van der Waals surface area contributed by atoms with Crippen molar-refractivity contribution >= 4 is 45.8 Å². The minimum absolute atomic E-state index is 0.129. The van der Waals surface area contributed by atoms with Crippen LogP contribution in [0.4, 0.5) is 5.69 Å². The largest absolute Gasteiger partial charge is 0.494 e. The summed E-state index contributed by atoms with van der Waals surface area (Å²) in [5.74, 6) is 0.997. The van der Waals surface area contributed by atoms with Gasteiger partial charge in [-0.15, -0.1) is 0 Å². The van der Waals surface area contributed by atoms with Crippen molar-refractivity contribution in [3.63, 3.8) is 0 Å². The first-order chi connectivity index (χ1) is 25.0. The number of fused-ring (bicyclic) bond motifs is 1. The quantitative estimate of drug-likeness (QED) is 0.0461. The highest BCUT2D eigenvalue weighted by atomic mass is 35.5. The second-order valence-corrected chi connectivity index (χ2v) is 14.7. The molecule has 4 rings (SSSR count). The monoisotopic (exact) mass is 741 g/mol. The van der Waals surface area contributed by atoms with E-state index in [-0.39, 0.29) is 12.8 Å². The number of piperazine rings is 1. The molecule has 1 aromatic heterocycles. The van der Waals surface area contributed by atoms with Crippen molar-refractivity contribution in [1.29, 1.82) is 0 Å². The number of ether oxygens (including phenoxy) is 3. The summed E-state index contributed by atoms with van der Waals surface area (Å²) in [5, 5.41) is 2.24. The number of carbonyl (C=O) groups is 1. The van der Waals surface area contributed by atoms with E-state index < -0.39 is 0 Å². The van der Waals surface area contributed by atoms with Crippen LogP contribution >= 0.6 is 23.2 Å². The molecule has 7 nitrogen and oxygen atoms in total. The first-order valence-electron chi connectivity index (χ1n) is 19.8. The first kappa shape index (κ1) is 41.0. The van der Waals surface area contributed by atoms with E-state index in [0.29, 0.717) is 29.0 Å². The van der Waals surface area contributed by atoms with Gasteiger partial charge in [-0.25, -0.2) is 4.98 Å². The van der Waals surface area contributed by atoms with Crippen LogP contribution in [0.5, 0.6) is 11.6 Å². The Morgan fingerprint density at radius 2 is 1.37 bits per heavy atom. The summed E-state index contributed by atoms with van der Waals surface area (Å²) in [6.45, 7) is 7.72. The predicted molar refractivity (Wildman–Crippen MR) is 213 cm³/mol. The van der Waals surface area contributed by atoms with Crippen molar-refractivity contribution in [2.75, 3.05) is 51.0 Å². The summed E-state index contributed by atoms with van der Waals surface area (Å²) in [6.07, 6.45) is 22.0. The molecular weight excluding hydrogens is 681 g/mol. The predicted octanol–water partition coefficient (Wildman–Crippen LogP) is 11.7. The van der Waals surface area contributed by atoms with Gasteiger partial charge in [0.25, 0.3) is 0 Å². The van der Waals surface area contributed by atoms with Gasteiger partial charge >= 0.3 is 5.97 Å². The Morgan fingerprint density at radius 3 is 2.06 bits per heavy atom. The first-order valence-corrected chi connectivity index (χ1v) is 20.5. The van der Waals surface area contributed by atoms with Crippen LogP contribution in [-0.2, 0) is 9.53 Å². The normalized spacial score (nSPS) is 13.5. The molecule has 0 radical (unpaired) electrons. The zero-order chi connectivity index (χ0) is 35.9. The number of aromatic nitrogens is 1. The maximum atomic E-state index is 12.2. The summed E-state index contributed by atoms with van der Waals surface area (Å²) in [5.41, 5.74) is 1.80. The number of nitrogens with zero attached hydrogens (tertiary/aromatic N) is 3. The van der Waals surface area contributed by atoms with Crippen LogP contribution in [0.2, 0.25) is 10.0 Å². The fourth-order valence-electron chi connectivity index (χ4n) is 6.69. The van der Waals surface area contributed by atoms with Crippen molar-refractivity contribution < 1.29 is 19.0 Å². The molecule has 51 heavy (non-hydrogen) atoms. The van der Waals surface area contributed by atoms with Crippen molar-refractivity contribution in [1.82, 2.24) is 9.88 Å². The van der Waals surface area contributed by atoms with Crippen LogP contribution in [0, 0.1) is 0 Å². The van der Waals surface area contributed by atoms with Crippen molar-refractivity contribution in [3.05, 3.63) is 58.6 Å². The average Bonchev–Trinajstić information content (AvgIpc) is 3.14. The number of hydrogen-bond donors (Lipinski definition) is 0. The Morgan fingerprint density at radius 1 is 0.725 bits per heavy atom. The van der Waals surface area contributed by atoms with Gasteiger partial charge in [-0.3, -0.25) is 9.69 Å². The van der Waals surface area contributed by atoms with Crippen LogP contribution in [-0.4, -0.2) is 62.0 Å². The fourth-order valence-corrected chi connectivity index (χ4v) is 7.11. The van der Waals surface area contributed by atoms with Gasteiger partial charge in [0.05, 0.1) is 27.9 Å². The molecule has 0 spiro atoms. The number of hydrogen-bond acceptors (Lipinski definition) is 7. The molecule has 1 saturated heterocycles. The van der Waals surface area contributed by atoms with Crippen molar-refractivity contribution in [2.24, 2.45) is 0 Å². The van der Waals surface area contributed by atoms with Crippen molar-refractivity contribution in [3.8, 4) is 11.6 Å². The molecule has 1 aliphatic rings. The lowest BCUT2D eigenvalue weighted by atomic mass is 10.0. The molecule has 0 bridgehead atoms. The molecule has 1 aliphatic heterocycles. The topological polar surface area (TPSA) is 64.1 Å². The van der Waals surface area contributed by atoms with E-state index in [9.17, 15) is 4.79 Å². The number of pyridine rings is 1. The van der Waals surface area contributed by atoms with Gasteiger partial charge in [0.15, 0.2) is 0 Å². The number of carbonyl (C=O) groups excluding carboxylic acids is 1. The number of esters is 1. The lowest BCUT2D eigenvalue weighted by Gasteiger charge is -2.36. The SMILES string of the molecule is CCCCCCCCCCCCCCCCCC(=O)OCOc1ccc2ccc(OCCCCN3CCN(c4cccc(Cl)c4Cl)CC3)cc2n1. The van der Waals surface area contributed by atoms with Crippen LogP contribution in [0.1, 0.15) is 122 Å². The molecule has 282 valence electrons. The maximum absolute atomic E-state index is 12.2. The number of anilines is 1. The molecular formula is C42H61Cl2N3O4. The minimum Gasteiger partial charge on any atom is -0.494 e. The Kier molecular flexibility index (Phi) is 19.7. The molecule has 9 heteroatoms. The third kappa shape index (κ3) is 15.8. The number of benzene rings is 2. The van der Waals surface area contributed by atoms with E-state index in [1.165, 1.54) is 83.5 Å². The highest BCUT2D eigenvalue weighted by molar-refractivity contribution is 6.43. The lowest BCUT2D eigenvalue weighted by Crippen LogP contribution is -2.46. The van der Waals surface area contributed by atoms with Gasteiger partial charge < -0.3 is 19.1 Å². The summed E-state index contributed by atoms with van der Waals surface area (Å²) < 4.78 is 17.0. The molecule has 2 aromatic carbocycles. The zero-order valence-electron chi connectivity index (χ0n) is 31.0. The smallest absolute Gasteiger partial charge is 0.308 e. The van der Waals surface area contributed by atoms with E-state index >= 15 is 0 Å². The molecule has 0 saturated carbocycles. The maximum Gasteiger partial charge on any atom is 0.308 e.